The van der Waals surface area contributed by atoms with E-state index in [-0.39, 0.29) is 30.8 Å². The molecular formula is C21H23N5O3. The number of pyridine rings is 1. The van der Waals surface area contributed by atoms with Crippen molar-refractivity contribution in [1.82, 2.24) is 14.8 Å². The smallest absolute Gasteiger partial charge is 0.256 e. The highest BCUT2D eigenvalue weighted by Gasteiger charge is 2.30. The molecule has 29 heavy (non-hydrogen) atoms. The van der Waals surface area contributed by atoms with Crippen LogP contribution in [-0.2, 0) is 16.1 Å². The van der Waals surface area contributed by atoms with Gasteiger partial charge in [0.05, 0.1) is 24.3 Å². The third-order valence-corrected chi connectivity index (χ3v) is 5.28. The number of hydrogen-bond acceptors (Lipinski definition) is 5. The number of amides is 3. The molecule has 0 radical (unpaired) electrons. The van der Waals surface area contributed by atoms with E-state index >= 15 is 0 Å². The molecule has 2 aromatic rings. The van der Waals surface area contributed by atoms with Crippen LogP contribution >= 0.6 is 0 Å². The molecule has 0 unspecified atom stereocenters. The lowest BCUT2D eigenvalue weighted by Crippen LogP contribution is -2.52. The van der Waals surface area contributed by atoms with Crippen molar-refractivity contribution in [3.05, 3.63) is 53.7 Å². The van der Waals surface area contributed by atoms with Gasteiger partial charge in [0.2, 0.25) is 11.8 Å². The summed E-state index contributed by atoms with van der Waals surface area (Å²) in [6.07, 6.45) is 1.50. The molecule has 0 spiro atoms. The van der Waals surface area contributed by atoms with Crippen molar-refractivity contribution in [2.24, 2.45) is 0 Å². The van der Waals surface area contributed by atoms with Crippen LogP contribution in [0.2, 0.25) is 0 Å². The minimum absolute atomic E-state index is 0.0550. The predicted octanol–water partition coefficient (Wildman–Crippen LogP) is 1.34. The lowest BCUT2D eigenvalue weighted by Gasteiger charge is -2.34. The molecule has 0 bridgehead atoms. The van der Waals surface area contributed by atoms with Crippen molar-refractivity contribution in [3.63, 3.8) is 0 Å². The molecule has 2 aliphatic heterocycles. The molecule has 0 aliphatic carbocycles. The first-order chi connectivity index (χ1) is 14.1. The summed E-state index contributed by atoms with van der Waals surface area (Å²) in [7, 11) is 0. The molecule has 1 fully saturated rings. The first-order valence-corrected chi connectivity index (χ1v) is 9.72. The molecule has 1 aromatic heterocycles. The summed E-state index contributed by atoms with van der Waals surface area (Å²) >= 11 is 0. The monoisotopic (exact) mass is 393 g/mol. The molecule has 2 aliphatic rings. The zero-order valence-corrected chi connectivity index (χ0v) is 16.3. The number of likely N-dealkylation sites (N-methyl/N-ethyl adjacent to an activating group) is 1. The van der Waals surface area contributed by atoms with Crippen LogP contribution in [0.15, 0.2) is 42.6 Å². The molecule has 150 valence electrons. The van der Waals surface area contributed by atoms with Gasteiger partial charge in [-0.25, -0.2) is 4.98 Å². The molecule has 3 amide bonds. The molecule has 8 heteroatoms. The zero-order chi connectivity index (χ0) is 20.4. The lowest BCUT2D eigenvalue weighted by molar-refractivity contribution is -0.134. The fourth-order valence-electron chi connectivity index (χ4n) is 3.64. The number of anilines is 2. The van der Waals surface area contributed by atoms with Crippen molar-refractivity contribution in [3.8, 4) is 0 Å². The van der Waals surface area contributed by atoms with Gasteiger partial charge in [-0.3, -0.25) is 14.4 Å². The van der Waals surface area contributed by atoms with E-state index in [0.29, 0.717) is 43.2 Å². The van der Waals surface area contributed by atoms with Gasteiger partial charge in [0, 0.05) is 25.8 Å². The number of nitrogens with zero attached hydrogens (tertiary/aromatic N) is 4. The van der Waals surface area contributed by atoms with E-state index < -0.39 is 0 Å². The quantitative estimate of drug-likeness (QED) is 0.847. The Hall–Kier alpha value is -3.42. The molecular weight excluding hydrogens is 370 g/mol. The average Bonchev–Trinajstić information content (AvgIpc) is 2.75. The highest BCUT2D eigenvalue weighted by molar-refractivity contribution is 6.04. The van der Waals surface area contributed by atoms with E-state index in [4.69, 9.17) is 0 Å². The minimum atomic E-state index is -0.248. The summed E-state index contributed by atoms with van der Waals surface area (Å²) in [4.78, 5) is 46.9. The van der Waals surface area contributed by atoms with E-state index in [0.717, 1.165) is 5.56 Å². The zero-order valence-electron chi connectivity index (χ0n) is 16.3. The van der Waals surface area contributed by atoms with Crippen molar-refractivity contribution in [2.75, 3.05) is 42.9 Å². The number of rotatable bonds is 4. The van der Waals surface area contributed by atoms with E-state index in [1.54, 1.807) is 15.9 Å². The van der Waals surface area contributed by atoms with Crippen molar-refractivity contribution in [1.29, 1.82) is 0 Å². The number of fused-ring (bicyclic) bond motifs is 1. The molecule has 4 rings (SSSR count). The Morgan fingerprint density at radius 3 is 2.66 bits per heavy atom. The van der Waals surface area contributed by atoms with Gasteiger partial charge < -0.3 is 20.0 Å². The van der Waals surface area contributed by atoms with Gasteiger partial charge in [0.25, 0.3) is 5.91 Å². The second-order valence-electron chi connectivity index (χ2n) is 7.11. The normalized spacial score (nSPS) is 16.5. The predicted molar refractivity (Wildman–Crippen MR) is 109 cm³/mol. The van der Waals surface area contributed by atoms with Crippen LogP contribution in [0.1, 0.15) is 22.8 Å². The standard InChI is InChI=1S/C21H23N5O3/c1-2-24-8-9-25(14-19(24)28)21(29)16-10-17-20(22-11-16)23-12-18(27)26(17)13-15-6-4-3-5-7-15/h3-7,10-11H,2,8-9,12-14H2,1H3,(H,22,23). The van der Waals surface area contributed by atoms with Crippen LogP contribution in [0.3, 0.4) is 0 Å². The third kappa shape index (κ3) is 3.78. The summed E-state index contributed by atoms with van der Waals surface area (Å²) in [6.45, 7) is 4.21. The van der Waals surface area contributed by atoms with Crippen molar-refractivity contribution >= 4 is 29.2 Å². The van der Waals surface area contributed by atoms with E-state index in [1.807, 2.05) is 37.3 Å². The van der Waals surface area contributed by atoms with Gasteiger partial charge in [-0.05, 0) is 18.6 Å². The first kappa shape index (κ1) is 18.9. The highest BCUT2D eigenvalue weighted by atomic mass is 16.2. The number of piperazine rings is 1. The topological polar surface area (TPSA) is 85.8 Å². The second kappa shape index (κ2) is 7.90. The van der Waals surface area contributed by atoms with Gasteiger partial charge in [0.1, 0.15) is 6.54 Å². The van der Waals surface area contributed by atoms with Crippen LogP contribution in [0.25, 0.3) is 0 Å². The van der Waals surface area contributed by atoms with E-state index in [1.165, 1.54) is 11.1 Å². The van der Waals surface area contributed by atoms with Crippen LogP contribution in [-0.4, -0.2) is 65.2 Å². The maximum atomic E-state index is 13.0. The Morgan fingerprint density at radius 2 is 1.93 bits per heavy atom. The number of nitrogens with one attached hydrogen (secondary N) is 1. The number of benzene rings is 1. The largest absolute Gasteiger partial charge is 0.359 e. The van der Waals surface area contributed by atoms with Crippen LogP contribution < -0.4 is 10.2 Å². The number of carbonyl (C=O) groups is 3. The number of carbonyl (C=O) groups excluding carboxylic acids is 3. The van der Waals surface area contributed by atoms with Gasteiger partial charge >= 0.3 is 0 Å². The summed E-state index contributed by atoms with van der Waals surface area (Å²) in [6, 6.07) is 11.4. The molecule has 0 saturated carbocycles. The minimum Gasteiger partial charge on any atom is -0.359 e. The van der Waals surface area contributed by atoms with Gasteiger partial charge in [0.15, 0.2) is 5.82 Å². The molecule has 1 saturated heterocycles. The van der Waals surface area contributed by atoms with Gasteiger partial charge in [-0.15, -0.1) is 0 Å². The van der Waals surface area contributed by atoms with Crippen LogP contribution in [0, 0.1) is 0 Å². The fourth-order valence-corrected chi connectivity index (χ4v) is 3.64. The Kier molecular flexibility index (Phi) is 5.16. The van der Waals surface area contributed by atoms with Crippen molar-refractivity contribution in [2.45, 2.75) is 13.5 Å². The van der Waals surface area contributed by atoms with Gasteiger partial charge in [-0.2, -0.15) is 0 Å². The first-order valence-electron chi connectivity index (χ1n) is 9.72. The maximum absolute atomic E-state index is 13.0. The summed E-state index contributed by atoms with van der Waals surface area (Å²) < 4.78 is 0. The maximum Gasteiger partial charge on any atom is 0.256 e. The summed E-state index contributed by atoms with van der Waals surface area (Å²) in [5, 5.41) is 3.01. The van der Waals surface area contributed by atoms with E-state index in [2.05, 4.69) is 10.3 Å². The fraction of sp³-hybridized carbons (Fsp3) is 0.333. The van der Waals surface area contributed by atoms with Crippen molar-refractivity contribution < 1.29 is 14.4 Å². The summed E-state index contributed by atoms with van der Waals surface area (Å²) in [5.41, 5.74) is 1.94. The Balaban J connectivity index is 1.59. The lowest BCUT2D eigenvalue weighted by atomic mass is 10.1. The van der Waals surface area contributed by atoms with E-state index in [9.17, 15) is 14.4 Å². The Labute approximate surface area is 169 Å². The van der Waals surface area contributed by atoms with Crippen LogP contribution in [0.5, 0.6) is 0 Å². The Bertz CT molecular complexity index is 947. The van der Waals surface area contributed by atoms with Crippen LogP contribution in [0.4, 0.5) is 11.5 Å². The summed E-state index contributed by atoms with van der Waals surface area (Å²) in [5.74, 6) is 0.186. The highest BCUT2D eigenvalue weighted by Crippen LogP contribution is 2.30. The number of hydrogen-bond donors (Lipinski definition) is 1. The molecule has 0 atom stereocenters. The SMILES string of the molecule is CCN1CCN(C(=O)c2cnc3c(c2)N(Cc2ccccc2)C(=O)CN3)CC1=O. The third-order valence-electron chi connectivity index (χ3n) is 5.28. The molecule has 3 heterocycles. The average molecular weight is 393 g/mol. The molecule has 1 N–H and O–H groups in total. The molecule has 1 aromatic carbocycles. The van der Waals surface area contributed by atoms with Gasteiger partial charge in [-0.1, -0.05) is 30.3 Å². The molecule has 8 nitrogen and oxygen atoms in total. The second-order valence-corrected chi connectivity index (χ2v) is 7.11. The number of aromatic nitrogens is 1. The Morgan fingerprint density at radius 1 is 1.14 bits per heavy atom.